The van der Waals surface area contributed by atoms with E-state index < -0.39 is 17.7 Å². The lowest BCUT2D eigenvalue weighted by Gasteiger charge is -2.08. The summed E-state index contributed by atoms with van der Waals surface area (Å²) in [6.45, 7) is 0. The van der Waals surface area contributed by atoms with Gasteiger partial charge in [0, 0.05) is 11.8 Å². The Bertz CT molecular complexity index is 869. The Morgan fingerprint density at radius 2 is 1.95 bits per heavy atom. The van der Waals surface area contributed by atoms with E-state index in [0.29, 0.717) is 16.9 Å². The van der Waals surface area contributed by atoms with Gasteiger partial charge in [-0.25, -0.2) is 9.78 Å². The normalized spacial score (nSPS) is 11.8. The lowest BCUT2D eigenvalue weighted by atomic mass is 10.1. The highest BCUT2D eigenvalue weighted by molar-refractivity contribution is 5.89. The van der Waals surface area contributed by atoms with Gasteiger partial charge in [0.1, 0.15) is 5.82 Å². The van der Waals surface area contributed by atoms with Gasteiger partial charge in [-0.2, -0.15) is 13.2 Å². The number of benzene rings is 1. The lowest BCUT2D eigenvalue weighted by Crippen LogP contribution is -2.05. The zero-order valence-electron chi connectivity index (χ0n) is 11.0. The van der Waals surface area contributed by atoms with Crippen LogP contribution in [0.15, 0.2) is 48.8 Å². The standard InChI is InChI=1S/C15H9F3N2O2/c16-15(17,18)11-3-1-2-9(6-11)13-19-8-12-7-10(14(21)22)4-5-20(12)13/h1-8H,(H,21,22). The molecule has 0 radical (unpaired) electrons. The Morgan fingerprint density at radius 1 is 1.18 bits per heavy atom. The second kappa shape index (κ2) is 4.87. The van der Waals surface area contributed by atoms with Crippen LogP contribution in [0.4, 0.5) is 13.2 Å². The summed E-state index contributed by atoms with van der Waals surface area (Å²) in [4.78, 5) is 15.0. The molecule has 0 amide bonds. The van der Waals surface area contributed by atoms with Crippen LogP contribution in [0.25, 0.3) is 16.9 Å². The number of carboxylic acid groups (broad SMARTS) is 1. The first-order valence-corrected chi connectivity index (χ1v) is 6.24. The minimum Gasteiger partial charge on any atom is -0.478 e. The maximum atomic E-state index is 12.8. The summed E-state index contributed by atoms with van der Waals surface area (Å²) in [5, 5.41) is 8.94. The summed E-state index contributed by atoms with van der Waals surface area (Å²) >= 11 is 0. The van der Waals surface area contributed by atoms with Gasteiger partial charge < -0.3 is 5.11 Å². The topological polar surface area (TPSA) is 54.6 Å². The highest BCUT2D eigenvalue weighted by atomic mass is 19.4. The second-order valence-electron chi connectivity index (χ2n) is 4.68. The number of fused-ring (bicyclic) bond motifs is 1. The Labute approximate surface area is 122 Å². The second-order valence-corrected chi connectivity index (χ2v) is 4.68. The van der Waals surface area contributed by atoms with Crippen molar-refractivity contribution in [2.45, 2.75) is 6.18 Å². The molecule has 3 aromatic rings. The Balaban J connectivity index is 2.13. The molecule has 1 aromatic carbocycles. The fraction of sp³-hybridized carbons (Fsp3) is 0.0667. The molecule has 0 aliphatic carbocycles. The Kier molecular flexibility index (Phi) is 3.13. The Hall–Kier alpha value is -2.83. The summed E-state index contributed by atoms with van der Waals surface area (Å²) < 4.78 is 39.9. The van der Waals surface area contributed by atoms with E-state index in [2.05, 4.69) is 4.98 Å². The molecule has 2 aromatic heterocycles. The minimum absolute atomic E-state index is 0.0861. The molecule has 0 spiro atoms. The van der Waals surface area contributed by atoms with E-state index in [0.717, 1.165) is 12.1 Å². The first kappa shape index (κ1) is 14.1. The van der Waals surface area contributed by atoms with Crippen LogP contribution >= 0.6 is 0 Å². The average molecular weight is 306 g/mol. The summed E-state index contributed by atoms with van der Waals surface area (Å²) in [5.74, 6) is -0.762. The third-order valence-corrected chi connectivity index (χ3v) is 3.23. The first-order chi connectivity index (χ1) is 10.4. The van der Waals surface area contributed by atoms with Crippen LogP contribution in [-0.2, 0) is 6.18 Å². The Morgan fingerprint density at radius 3 is 2.64 bits per heavy atom. The van der Waals surface area contributed by atoms with Crippen LogP contribution in [0.1, 0.15) is 15.9 Å². The third kappa shape index (κ3) is 2.41. The molecular weight excluding hydrogens is 297 g/mol. The first-order valence-electron chi connectivity index (χ1n) is 6.24. The summed E-state index contributed by atoms with van der Waals surface area (Å²) in [5.41, 5.74) is 0.122. The molecule has 0 fully saturated rings. The molecule has 0 bridgehead atoms. The predicted octanol–water partition coefficient (Wildman–Crippen LogP) is 3.72. The molecule has 0 unspecified atom stereocenters. The fourth-order valence-corrected chi connectivity index (χ4v) is 2.18. The number of carboxylic acids is 1. The smallest absolute Gasteiger partial charge is 0.416 e. The van der Waals surface area contributed by atoms with Crippen molar-refractivity contribution in [1.29, 1.82) is 0 Å². The van der Waals surface area contributed by atoms with Gasteiger partial charge in [0.15, 0.2) is 0 Å². The van der Waals surface area contributed by atoms with Crippen molar-refractivity contribution >= 4 is 11.5 Å². The summed E-state index contributed by atoms with van der Waals surface area (Å²) in [7, 11) is 0. The van der Waals surface area contributed by atoms with Gasteiger partial charge in [-0.05, 0) is 24.3 Å². The number of carbonyl (C=O) groups is 1. The van der Waals surface area contributed by atoms with E-state index >= 15 is 0 Å². The maximum Gasteiger partial charge on any atom is 0.416 e. The van der Waals surface area contributed by atoms with Gasteiger partial charge in [0.2, 0.25) is 0 Å². The van der Waals surface area contributed by atoms with Gasteiger partial charge in [0.25, 0.3) is 0 Å². The molecular formula is C15H9F3N2O2. The van der Waals surface area contributed by atoms with E-state index in [9.17, 15) is 18.0 Å². The molecule has 1 N–H and O–H groups in total. The van der Waals surface area contributed by atoms with Crippen molar-refractivity contribution in [3.63, 3.8) is 0 Å². The zero-order chi connectivity index (χ0) is 15.9. The van der Waals surface area contributed by atoms with Crippen molar-refractivity contribution in [2.24, 2.45) is 0 Å². The SMILES string of the molecule is O=C(O)c1ccn2c(-c3cccc(C(F)(F)F)c3)ncc2c1. The van der Waals surface area contributed by atoms with Gasteiger partial charge in [-0.15, -0.1) is 0 Å². The largest absolute Gasteiger partial charge is 0.478 e. The van der Waals surface area contributed by atoms with Crippen LogP contribution in [0.3, 0.4) is 0 Å². The molecule has 0 saturated heterocycles. The van der Waals surface area contributed by atoms with Crippen LogP contribution in [0.5, 0.6) is 0 Å². The van der Waals surface area contributed by atoms with Crippen LogP contribution in [-0.4, -0.2) is 20.5 Å². The molecule has 0 saturated carbocycles. The molecule has 3 rings (SSSR count). The number of hydrogen-bond acceptors (Lipinski definition) is 2. The average Bonchev–Trinajstić information content (AvgIpc) is 2.89. The lowest BCUT2D eigenvalue weighted by molar-refractivity contribution is -0.137. The third-order valence-electron chi connectivity index (χ3n) is 3.23. The van der Waals surface area contributed by atoms with Gasteiger partial charge in [-0.1, -0.05) is 12.1 Å². The van der Waals surface area contributed by atoms with Crippen molar-refractivity contribution in [2.75, 3.05) is 0 Å². The number of rotatable bonds is 2. The fourth-order valence-electron chi connectivity index (χ4n) is 2.18. The minimum atomic E-state index is -4.43. The molecule has 0 aliphatic heterocycles. The van der Waals surface area contributed by atoms with Crippen molar-refractivity contribution < 1.29 is 23.1 Å². The number of nitrogens with zero attached hydrogens (tertiary/aromatic N) is 2. The van der Waals surface area contributed by atoms with E-state index in [4.69, 9.17) is 5.11 Å². The van der Waals surface area contributed by atoms with Gasteiger partial charge in [-0.3, -0.25) is 4.40 Å². The number of halogens is 3. The molecule has 0 aliphatic rings. The highest BCUT2D eigenvalue weighted by Crippen LogP contribution is 2.32. The maximum absolute atomic E-state index is 12.8. The summed E-state index contributed by atoms with van der Waals surface area (Å²) in [6, 6.07) is 7.61. The van der Waals surface area contributed by atoms with Crippen molar-refractivity contribution in [1.82, 2.24) is 9.38 Å². The number of aromatic nitrogens is 2. The van der Waals surface area contributed by atoms with Crippen LogP contribution in [0, 0.1) is 0 Å². The molecule has 2 heterocycles. The monoisotopic (exact) mass is 306 g/mol. The quantitative estimate of drug-likeness (QED) is 0.785. The number of alkyl halides is 3. The van der Waals surface area contributed by atoms with Gasteiger partial charge >= 0.3 is 12.1 Å². The molecule has 0 atom stereocenters. The molecule has 22 heavy (non-hydrogen) atoms. The zero-order valence-corrected chi connectivity index (χ0v) is 11.0. The van der Waals surface area contributed by atoms with E-state index in [1.165, 1.54) is 36.7 Å². The molecule has 4 nitrogen and oxygen atoms in total. The highest BCUT2D eigenvalue weighted by Gasteiger charge is 2.30. The van der Waals surface area contributed by atoms with Crippen molar-refractivity contribution in [3.8, 4) is 11.4 Å². The number of imidazole rings is 1. The van der Waals surface area contributed by atoms with E-state index in [1.807, 2.05) is 0 Å². The molecule has 7 heteroatoms. The molecule has 112 valence electrons. The number of hydrogen-bond donors (Lipinski definition) is 1. The number of aromatic carboxylic acids is 1. The van der Waals surface area contributed by atoms with E-state index in [1.54, 1.807) is 4.40 Å². The predicted molar refractivity (Wildman–Crippen MR) is 72.6 cm³/mol. The summed E-state index contributed by atoms with van der Waals surface area (Å²) in [6.07, 6.45) is -1.54. The van der Waals surface area contributed by atoms with Crippen molar-refractivity contribution in [3.05, 3.63) is 59.9 Å². The number of pyridine rings is 1. The van der Waals surface area contributed by atoms with Crippen LogP contribution in [0.2, 0.25) is 0 Å². The van der Waals surface area contributed by atoms with Crippen LogP contribution < -0.4 is 0 Å². The van der Waals surface area contributed by atoms with E-state index in [-0.39, 0.29) is 5.56 Å². The van der Waals surface area contributed by atoms with Gasteiger partial charge in [0.05, 0.1) is 22.8 Å².